The molecule has 0 rings (SSSR count). The molecule has 0 fully saturated rings. The van der Waals surface area contributed by atoms with Gasteiger partial charge in [0.2, 0.25) is 0 Å². The van der Waals surface area contributed by atoms with E-state index in [2.05, 4.69) is 17.7 Å². The normalized spacial score (nSPS) is 15.4. The van der Waals surface area contributed by atoms with E-state index >= 15 is 0 Å². The lowest BCUT2D eigenvalue weighted by atomic mass is 11.9. The van der Waals surface area contributed by atoms with Crippen molar-refractivity contribution in [2.75, 3.05) is 0 Å². The predicted molar refractivity (Wildman–Crippen MR) is 39.7 cm³/mol. The summed E-state index contributed by atoms with van der Waals surface area (Å²) < 4.78 is 4.27. The number of rotatable bonds is 2. The first-order valence-corrected chi connectivity index (χ1v) is 12.5. The first-order chi connectivity index (χ1) is 3.18. The van der Waals surface area contributed by atoms with Gasteiger partial charge in [-0.25, -0.2) is 0 Å². The molecule has 0 aliphatic rings. The molecule has 2 nitrogen and oxygen atoms in total. The van der Waals surface area contributed by atoms with E-state index in [0.717, 1.165) is 9.76 Å². The molecule has 0 bridgehead atoms. The van der Waals surface area contributed by atoms with Crippen LogP contribution in [0.5, 0.6) is 0 Å². The van der Waals surface area contributed by atoms with Crippen LogP contribution < -0.4 is 0 Å². The Morgan fingerprint density at radius 3 is 2.00 bits per heavy atom. The second-order valence-corrected chi connectivity index (χ2v) is 20.4. The molecule has 1 atom stereocenters. The second kappa shape index (κ2) is 3.56. The average molecular weight is 152 g/mol. The minimum Gasteiger partial charge on any atom is -0.301 e. The van der Waals surface area contributed by atoms with Crippen molar-refractivity contribution < 1.29 is 9.83 Å². The van der Waals surface area contributed by atoms with Crippen molar-refractivity contribution in [1.29, 1.82) is 0 Å². The van der Waals surface area contributed by atoms with E-state index in [0.29, 0.717) is 0 Å². The van der Waals surface area contributed by atoms with Crippen molar-refractivity contribution in [3.8, 4) is 0 Å². The van der Waals surface area contributed by atoms with Gasteiger partial charge in [-0.2, -0.15) is 0 Å². The fraction of sp³-hybridized carbons (Fsp3) is 1.00. The van der Waals surface area contributed by atoms with Crippen LogP contribution in [0.1, 0.15) is 0 Å². The van der Waals surface area contributed by atoms with Crippen molar-refractivity contribution in [3.63, 3.8) is 0 Å². The Kier molecular flexibility index (Phi) is 3.85. The third kappa shape index (κ3) is 3.18. The van der Waals surface area contributed by atoms with Crippen molar-refractivity contribution in [1.82, 2.24) is 0 Å². The molecule has 44 valence electrons. The molecule has 0 saturated carbocycles. The second-order valence-electron chi connectivity index (χ2n) is 2.05. The van der Waals surface area contributed by atoms with E-state index in [1.165, 1.54) is 0 Å². The van der Waals surface area contributed by atoms with Gasteiger partial charge in [-0.05, 0) is 0 Å². The topological polar surface area (TPSA) is 29.5 Å². The van der Waals surface area contributed by atoms with Gasteiger partial charge in [0, 0.05) is 9.76 Å². The van der Waals surface area contributed by atoms with E-state index < -0.39 is 16.4 Å². The van der Waals surface area contributed by atoms with Crippen LogP contribution in [0.15, 0.2) is 0 Å². The zero-order valence-corrected chi connectivity index (χ0v) is 9.32. The summed E-state index contributed by atoms with van der Waals surface area (Å²) in [6.45, 7) is 4.44. The van der Waals surface area contributed by atoms with Gasteiger partial charge < -0.3 is 4.58 Å². The van der Waals surface area contributed by atoms with Crippen molar-refractivity contribution in [2.24, 2.45) is 0 Å². The number of hydrogen-bond acceptors (Lipinski definition) is 2. The molecule has 0 aliphatic carbocycles. The maximum Gasteiger partial charge on any atom is 0.185 e. The molecule has 0 spiro atoms. The fourth-order valence-electron chi connectivity index (χ4n) is 0.122. The van der Waals surface area contributed by atoms with Crippen LogP contribution in [0.2, 0.25) is 13.1 Å². The smallest absolute Gasteiger partial charge is 0.185 e. The van der Waals surface area contributed by atoms with Gasteiger partial charge in [-0.1, -0.05) is 13.1 Å². The van der Waals surface area contributed by atoms with Crippen LogP contribution in [0, 0.1) is 0 Å². The summed E-state index contributed by atoms with van der Waals surface area (Å²) in [7, 11) is -0.355. The average Bonchev–Trinajstić information content (AvgIpc) is 1.65. The summed E-state index contributed by atoms with van der Waals surface area (Å²) in [5.41, 5.74) is 0. The molecule has 0 saturated heterocycles. The maximum atomic E-state index is 8.14. The van der Waals surface area contributed by atoms with Gasteiger partial charge in [-0.15, -0.1) is 0 Å². The summed E-state index contributed by atoms with van der Waals surface area (Å²) >= 11 is 0. The van der Waals surface area contributed by atoms with Crippen LogP contribution in [0.3, 0.4) is 0 Å². The van der Waals surface area contributed by atoms with Gasteiger partial charge >= 0.3 is 0 Å². The Hall–Kier alpha value is 0.571. The third-order valence-corrected chi connectivity index (χ3v) is 21.9. The summed E-state index contributed by atoms with van der Waals surface area (Å²) in [6.07, 6.45) is 0. The Morgan fingerprint density at radius 1 is 1.57 bits per heavy atom. The zero-order chi connectivity index (χ0) is 5.86. The molecular formula is C2H12O2Si3. The lowest BCUT2D eigenvalue weighted by Crippen LogP contribution is -2.32. The van der Waals surface area contributed by atoms with E-state index in [9.17, 15) is 0 Å². The van der Waals surface area contributed by atoms with Crippen LogP contribution >= 0.6 is 0 Å². The van der Waals surface area contributed by atoms with Crippen molar-refractivity contribution in [2.45, 2.75) is 13.1 Å². The number of hydrogen-bond donors (Lipinski definition) is 1. The van der Waals surface area contributed by atoms with Crippen LogP contribution in [0.4, 0.5) is 0 Å². The Bertz CT molecular complexity index is 48.2. The Balaban J connectivity index is 3.14. The van der Waals surface area contributed by atoms with Gasteiger partial charge in [0.15, 0.2) is 8.08 Å². The van der Waals surface area contributed by atoms with Gasteiger partial charge in [0.1, 0.15) is 0 Å². The molecule has 0 radical (unpaired) electrons. The molecule has 0 aromatic carbocycles. The Morgan fingerprint density at radius 2 is 2.00 bits per heavy atom. The molecular weight excluding hydrogens is 140 g/mol. The molecule has 0 aromatic heterocycles. The van der Waals surface area contributed by atoms with Gasteiger partial charge in [0.25, 0.3) is 0 Å². The minimum absolute atomic E-state index is 0.536. The molecule has 0 amide bonds. The molecule has 1 N–H and O–H groups in total. The SMILES string of the molecule is C[SiH](C)[SiH]([SiH3])OO. The minimum atomic E-state index is -0.921. The Labute approximate surface area is 49.8 Å². The molecule has 0 aromatic rings. The quantitative estimate of drug-likeness (QED) is 0.300. The molecule has 1 unspecified atom stereocenters. The fourth-order valence-corrected chi connectivity index (χ4v) is 1.10. The highest BCUT2D eigenvalue weighted by Gasteiger charge is 2.09. The first-order valence-electron chi connectivity index (χ1n) is 2.48. The van der Waals surface area contributed by atoms with Crippen molar-refractivity contribution >= 4 is 26.1 Å². The molecule has 0 heterocycles. The van der Waals surface area contributed by atoms with Gasteiger partial charge in [-0.3, -0.25) is 5.26 Å². The highest BCUT2D eigenvalue weighted by atomic mass is 29.6. The summed E-state index contributed by atoms with van der Waals surface area (Å²) in [6, 6.07) is 0. The lowest BCUT2D eigenvalue weighted by Gasteiger charge is -2.05. The van der Waals surface area contributed by atoms with Crippen LogP contribution in [0.25, 0.3) is 0 Å². The van der Waals surface area contributed by atoms with E-state index in [4.69, 9.17) is 5.26 Å². The molecule has 0 aliphatic heterocycles. The standard InChI is InChI=1S/C2H12O2Si3/c1-6(2)7(5)4-3/h3,6-7H,1-2,5H3. The van der Waals surface area contributed by atoms with E-state index in [-0.39, 0.29) is 0 Å². The molecule has 5 heteroatoms. The summed E-state index contributed by atoms with van der Waals surface area (Å²) in [5, 5.41) is 8.14. The summed E-state index contributed by atoms with van der Waals surface area (Å²) in [4.78, 5) is 0. The van der Waals surface area contributed by atoms with E-state index in [1.807, 2.05) is 0 Å². The van der Waals surface area contributed by atoms with E-state index in [1.54, 1.807) is 0 Å². The largest absolute Gasteiger partial charge is 0.301 e. The third-order valence-electron chi connectivity index (χ3n) is 1.11. The summed E-state index contributed by atoms with van der Waals surface area (Å²) in [5.74, 6) is 0. The van der Waals surface area contributed by atoms with Crippen molar-refractivity contribution in [3.05, 3.63) is 0 Å². The molecule has 7 heavy (non-hydrogen) atoms. The predicted octanol–water partition coefficient (Wildman–Crippen LogP) is -1.37. The van der Waals surface area contributed by atoms with Crippen LogP contribution in [-0.4, -0.2) is 31.4 Å². The monoisotopic (exact) mass is 152 g/mol. The van der Waals surface area contributed by atoms with Gasteiger partial charge in [0.05, 0.1) is 8.31 Å². The highest BCUT2D eigenvalue weighted by Crippen LogP contribution is 1.83. The highest BCUT2D eigenvalue weighted by molar-refractivity contribution is 7.37. The van der Waals surface area contributed by atoms with Crippen LogP contribution in [-0.2, 0) is 4.58 Å². The first kappa shape index (κ1) is 7.57. The zero-order valence-electron chi connectivity index (χ0n) is 5.01. The lowest BCUT2D eigenvalue weighted by molar-refractivity contribution is -0.137. The maximum absolute atomic E-state index is 8.14.